The van der Waals surface area contributed by atoms with Crippen molar-refractivity contribution in [1.82, 2.24) is 4.98 Å². The summed E-state index contributed by atoms with van der Waals surface area (Å²) >= 11 is 5.97. The minimum Gasteiger partial charge on any atom is -0.469 e. The number of nitrogens with zero attached hydrogens (tertiary/aromatic N) is 1. The number of aromatic nitrogens is 1. The van der Waals surface area contributed by atoms with Gasteiger partial charge in [0.2, 0.25) is 0 Å². The van der Waals surface area contributed by atoms with Crippen LogP contribution in [0.3, 0.4) is 0 Å². The summed E-state index contributed by atoms with van der Waals surface area (Å²) in [4.78, 5) is 27.6. The molecule has 0 aliphatic heterocycles. The fourth-order valence-electron chi connectivity index (χ4n) is 2.53. The number of hydrogen-bond acceptors (Lipinski definition) is 6. The molecule has 1 rings (SSSR count). The van der Waals surface area contributed by atoms with Crippen LogP contribution in [0.1, 0.15) is 67.9 Å². The van der Waals surface area contributed by atoms with Crippen LogP contribution >= 0.6 is 11.6 Å². The van der Waals surface area contributed by atoms with E-state index in [0.29, 0.717) is 23.4 Å². The third-order valence-electron chi connectivity index (χ3n) is 4.13. The lowest BCUT2D eigenvalue weighted by atomic mass is 10.0. The second-order valence-electron chi connectivity index (χ2n) is 6.36. The van der Waals surface area contributed by atoms with Gasteiger partial charge in [0.1, 0.15) is 5.69 Å². The number of Topliss-reactive ketones (excluding diaryl/α,β-unsaturated/α-hetero) is 1. The second-order valence-corrected chi connectivity index (χ2v) is 6.79. The van der Waals surface area contributed by atoms with Gasteiger partial charge in [-0.15, -0.1) is 0 Å². The number of halogens is 1. The van der Waals surface area contributed by atoms with Crippen molar-refractivity contribution in [2.24, 2.45) is 0 Å². The first kappa shape index (κ1) is 23.3. The minimum absolute atomic E-state index is 0.146. The van der Waals surface area contributed by atoms with Crippen molar-refractivity contribution < 1.29 is 24.5 Å². The van der Waals surface area contributed by atoms with Crippen LogP contribution < -0.4 is 0 Å². The number of ketones is 1. The van der Waals surface area contributed by atoms with Gasteiger partial charge in [-0.1, -0.05) is 49.9 Å². The zero-order valence-electron chi connectivity index (χ0n) is 15.9. The summed E-state index contributed by atoms with van der Waals surface area (Å²) < 4.78 is 4.55. The molecule has 150 valence electrons. The predicted molar refractivity (Wildman–Crippen MR) is 105 cm³/mol. The topological polar surface area (TPSA) is 96.7 Å². The number of carbonyl (C=O) groups is 2. The Morgan fingerprint density at radius 1 is 1.26 bits per heavy atom. The maximum absolute atomic E-state index is 12.4. The molecule has 0 aliphatic rings. The monoisotopic (exact) mass is 397 g/mol. The first-order valence-electron chi connectivity index (χ1n) is 9.18. The van der Waals surface area contributed by atoms with Gasteiger partial charge in [-0.2, -0.15) is 0 Å². The van der Waals surface area contributed by atoms with E-state index in [0.717, 1.165) is 19.3 Å². The van der Waals surface area contributed by atoms with Gasteiger partial charge in [0.05, 0.1) is 24.3 Å². The highest BCUT2D eigenvalue weighted by Gasteiger charge is 2.16. The summed E-state index contributed by atoms with van der Waals surface area (Å²) in [5.74, 6) is -0.597. The van der Waals surface area contributed by atoms with Gasteiger partial charge in [-0.3, -0.25) is 14.6 Å². The summed E-state index contributed by atoms with van der Waals surface area (Å²) in [5, 5.41) is 20.4. The van der Waals surface area contributed by atoms with Gasteiger partial charge in [0.25, 0.3) is 0 Å². The number of hydrogen-bond donors (Lipinski definition) is 2. The number of rotatable bonds is 12. The Morgan fingerprint density at radius 2 is 2.00 bits per heavy atom. The Balaban J connectivity index is 2.77. The van der Waals surface area contributed by atoms with Crippen molar-refractivity contribution >= 4 is 29.4 Å². The van der Waals surface area contributed by atoms with E-state index in [-0.39, 0.29) is 30.3 Å². The number of aliphatic hydroxyl groups is 2. The fraction of sp³-hybridized carbons (Fsp3) is 0.550. The molecule has 1 heterocycles. The van der Waals surface area contributed by atoms with Crippen molar-refractivity contribution in [3.8, 4) is 0 Å². The average Bonchev–Trinajstić information content (AvgIpc) is 2.65. The number of esters is 1. The smallest absolute Gasteiger partial charge is 0.305 e. The first-order valence-corrected chi connectivity index (χ1v) is 9.56. The van der Waals surface area contributed by atoms with Crippen LogP contribution in [0.4, 0.5) is 0 Å². The SMILES string of the molecule is CCCCC[C@H](O)[C@H](O)/C=C/c1cc(Cl)cnc1C(=O)CCCC(=O)OC. The first-order chi connectivity index (χ1) is 12.9. The van der Waals surface area contributed by atoms with Gasteiger partial charge >= 0.3 is 5.97 Å². The van der Waals surface area contributed by atoms with Crippen LogP contribution in [0.25, 0.3) is 6.08 Å². The molecule has 0 fully saturated rings. The second kappa shape index (κ2) is 12.6. The summed E-state index contributed by atoms with van der Waals surface area (Å²) in [6.07, 6.45) is 6.50. The largest absolute Gasteiger partial charge is 0.469 e. The van der Waals surface area contributed by atoms with Crippen molar-refractivity contribution in [2.45, 2.75) is 64.1 Å². The molecule has 0 saturated carbocycles. The van der Waals surface area contributed by atoms with E-state index < -0.39 is 12.2 Å². The predicted octanol–water partition coefficient (Wildman–Crippen LogP) is 3.58. The van der Waals surface area contributed by atoms with Crippen molar-refractivity contribution in [3.05, 3.63) is 34.6 Å². The molecular weight excluding hydrogens is 370 g/mol. The molecule has 1 aromatic heterocycles. The molecule has 7 heteroatoms. The van der Waals surface area contributed by atoms with E-state index in [1.807, 2.05) is 0 Å². The van der Waals surface area contributed by atoms with Crippen LogP contribution in [0.15, 0.2) is 18.3 Å². The van der Waals surface area contributed by atoms with E-state index in [1.165, 1.54) is 19.4 Å². The summed E-state index contributed by atoms with van der Waals surface area (Å²) in [7, 11) is 1.30. The number of methoxy groups -OCH3 is 1. The summed E-state index contributed by atoms with van der Waals surface area (Å²) in [6, 6.07) is 1.58. The van der Waals surface area contributed by atoms with E-state index >= 15 is 0 Å². The minimum atomic E-state index is -1.04. The zero-order valence-corrected chi connectivity index (χ0v) is 16.6. The molecule has 2 N–H and O–H groups in total. The molecule has 0 amide bonds. The maximum atomic E-state index is 12.4. The number of carbonyl (C=O) groups excluding carboxylic acids is 2. The summed E-state index contributed by atoms with van der Waals surface area (Å²) in [5.41, 5.74) is 0.679. The number of aliphatic hydroxyl groups excluding tert-OH is 2. The lowest BCUT2D eigenvalue weighted by Crippen LogP contribution is -2.23. The van der Waals surface area contributed by atoms with Gasteiger partial charge in [0.15, 0.2) is 5.78 Å². The van der Waals surface area contributed by atoms with Gasteiger partial charge in [-0.05, 0) is 18.9 Å². The standard InChI is InChI=1S/C20H28ClNO5/c1-3-4-5-7-16(23)17(24)11-10-14-12-15(21)13-22-20(14)18(25)8-6-9-19(26)27-2/h10-13,16-17,23-24H,3-9H2,1-2H3/b11-10+/t16-,17+/m0/s1. The molecule has 2 atom stereocenters. The molecule has 0 saturated heterocycles. The van der Waals surface area contributed by atoms with Gasteiger partial charge < -0.3 is 14.9 Å². The molecule has 0 aromatic carbocycles. The lowest BCUT2D eigenvalue weighted by Gasteiger charge is -2.14. The quantitative estimate of drug-likeness (QED) is 0.318. The molecular formula is C20H28ClNO5. The Hall–Kier alpha value is -1.76. The van der Waals surface area contributed by atoms with Crippen molar-refractivity contribution in [3.63, 3.8) is 0 Å². The molecule has 6 nitrogen and oxygen atoms in total. The van der Waals surface area contributed by atoms with Crippen LogP contribution in [0.2, 0.25) is 5.02 Å². The third-order valence-corrected chi connectivity index (χ3v) is 4.34. The Bertz CT molecular complexity index is 647. The normalized spacial score (nSPS) is 13.5. The Morgan fingerprint density at radius 3 is 2.67 bits per heavy atom. The zero-order chi connectivity index (χ0) is 20.2. The van der Waals surface area contributed by atoms with Crippen LogP contribution in [0.5, 0.6) is 0 Å². The van der Waals surface area contributed by atoms with E-state index in [4.69, 9.17) is 11.6 Å². The molecule has 0 unspecified atom stereocenters. The van der Waals surface area contributed by atoms with Crippen LogP contribution in [-0.4, -0.2) is 46.3 Å². The Labute approximate surface area is 165 Å². The number of ether oxygens (including phenoxy) is 1. The Kier molecular flexibility index (Phi) is 10.9. The van der Waals surface area contributed by atoms with Crippen LogP contribution in [-0.2, 0) is 9.53 Å². The number of pyridine rings is 1. The van der Waals surface area contributed by atoms with Gasteiger partial charge in [-0.25, -0.2) is 0 Å². The van der Waals surface area contributed by atoms with Crippen LogP contribution in [0, 0.1) is 0 Å². The number of unbranched alkanes of at least 4 members (excludes halogenated alkanes) is 2. The molecule has 1 aromatic rings. The maximum Gasteiger partial charge on any atom is 0.305 e. The fourth-order valence-corrected chi connectivity index (χ4v) is 2.70. The highest BCUT2D eigenvalue weighted by atomic mass is 35.5. The molecule has 0 bridgehead atoms. The van der Waals surface area contributed by atoms with Crippen molar-refractivity contribution in [2.75, 3.05) is 7.11 Å². The van der Waals surface area contributed by atoms with E-state index in [1.54, 1.807) is 12.1 Å². The highest BCUT2D eigenvalue weighted by molar-refractivity contribution is 6.30. The third kappa shape index (κ3) is 8.65. The lowest BCUT2D eigenvalue weighted by molar-refractivity contribution is -0.140. The average molecular weight is 398 g/mol. The summed E-state index contributed by atoms with van der Waals surface area (Å²) in [6.45, 7) is 2.07. The van der Waals surface area contributed by atoms with E-state index in [2.05, 4.69) is 16.6 Å². The van der Waals surface area contributed by atoms with Crippen molar-refractivity contribution in [1.29, 1.82) is 0 Å². The van der Waals surface area contributed by atoms with Gasteiger partial charge in [0, 0.05) is 24.6 Å². The van der Waals surface area contributed by atoms with E-state index in [9.17, 15) is 19.8 Å². The molecule has 27 heavy (non-hydrogen) atoms. The molecule has 0 radical (unpaired) electrons. The molecule has 0 aliphatic carbocycles. The highest BCUT2D eigenvalue weighted by Crippen LogP contribution is 2.18. The molecule has 0 spiro atoms.